The van der Waals surface area contributed by atoms with E-state index in [1.54, 1.807) is 24.3 Å². The van der Waals surface area contributed by atoms with E-state index in [9.17, 15) is 22.8 Å². The zero-order valence-electron chi connectivity index (χ0n) is 29.1. The van der Waals surface area contributed by atoms with Crippen LogP contribution < -0.4 is 4.74 Å². The van der Waals surface area contributed by atoms with E-state index in [2.05, 4.69) is 13.8 Å². The molecule has 1 aliphatic rings. The Morgan fingerprint density at radius 1 is 0.796 bits per heavy atom. The molecule has 0 aromatic heterocycles. The van der Waals surface area contributed by atoms with Gasteiger partial charge in [0.25, 0.3) is 0 Å². The number of ether oxygens (including phenoxy) is 3. The first-order valence-corrected chi connectivity index (χ1v) is 18.0. The van der Waals surface area contributed by atoms with E-state index in [1.165, 1.54) is 25.7 Å². The molecule has 1 aliphatic carbocycles. The Kier molecular flexibility index (Phi) is 14.6. The fourth-order valence-electron chi connectivity index (χ4n) is 6.35. The number of unbranched alkanes of at least 4 members (excludes halogenated alkanes) is 6. The lowest BCUT2D eigenvalue weighted by Crippen LogP contribution is -2.39. The van der Waals surface area contributed by atoms with Crippen molar-refractivity contribution in [1.82, 2.24) is 0 Å². The molecule has 3 aromatic carbocycles. The quantitative estimate of drug-likeness (QED) is 0.0988. The lowest BCUT2D eigenvalue weighted by atomic mass is 9.81. The monoisotopic (exact) mass is 680 g/mol. The van der Waals surface area contributed by atoms with Crippen LogP contribution in [-0.4, -0.2) is 30.8 Å². The number of esters is 2. The van der Waals surface area contributed by atoms with Gasteiger partial charge in [0.1, 0.15) is 11.9 Å². The topological polar surface area (TPSA) is 61.8 Å². The van der Waals surface area contributed by atoms with Crippen LogP contribution in [0.15, 0.2) is 72.8 Å². The highest BCUT2D eigenvalue weighted by molar-refractivity contribution is 5.90. The third kappa shape index (κ3) is 11.4. The molecule has 0 amide bonds. The van der Waals surface area contributed by atoms with Crippen molar-refractivity contribution in [3.05, 3.63) is 89.5 Å². The number of halogens is 3. The van der Waals surface area contributed by atoms with Crippen molar-refractivity contribution in [1.29, 1.82) is 0 Å². The summed E-state index contributed by atoms with van der Waals surface area (Å²) in [7, 11) is 0. The Morgan fingerprint density at radius 2 is 1.41 bits per heavy atom. The van der Waals surface area contributed by atoms with Gasteiger partial charge in [0.2, 0.25) is 0 Å². The predicted molar refractivity (Wildman–Crippen MR) is 186 cm³/mol. The molecule has 0 spiro atoms. The Bertz CT molecular complexity index is 1450. The molecule has 0 fully saturated rings. The summed E-state index contributed by atoms with van der Waals surface area (Å²) in [5.74, 6) is -1.41. The first kappa shape index (κ1) is 38.0. The van der Waals surface area contributed by atoms with Crippen molar-refractivity contribution >= 4 is 11.9 Å². The lowest BCUT2D eigenvalue weighted by molar-refractivity contribution is -0.227. The molecule has 8 heteroatoms. The minimum Gasteiger partial charge on any atom is -0.493 e. The van der Waals surface area contributed by atoms with E-state index in [4.69, 9.17) is 14.2 Å². The van der Waals surface area contributed by atoms with E-state index in [0.717, 1.165) is 41.7 Å². The van der Waals surface area contributed by atoms with Crippen LogP contribution >= 0.6 is 0 Å². The minimum absolute atomic E-state index is 0.213. The van der Waals surface area contributed by atoms with Crippen molar-refractivity contribution in [2.45, 2.75) is 116 Å². The molecule has 0 heterocycles. The van der Waals surface area contributed by atoms with Crippen LogP contribution in [0.4, 0.5) is 13.2 Å². The smallest absolute Gasteiger partial charge is 0.425 e. The van der Waals surface area contributed by atoms with Crippen LogP contribution in [0.2, 0.25) is 0 Å². The van der Waals surface area contributed by atoms with Crippen LogP contribution in [0.1, 0.15) is 119 Å². The van der Waals surface area contributed by atoms with Gasteiger partial charge in [-0.25, -0.2) is 4.79 Å². The van der Waals surface area contributed by atoms with Crippen LogP contribution in [-0.2, 0) is 20.7 Å². The Balaban J connectivity index is 1.40. The third-order valence-corrected chi connectivity index (χ3v) is 9.33. The van der Waals surface area contributed by atoms with Crippen LogP contribution in [0.25, 0.3) is 11.1 Å². The molecule has 2 unspecified atom stereocenters. The average molecular weight is 681 g/mol. The van der Waals surface area contributed by atoms with Gasteiger partial charge in [-0.3, -0.25) is 4.79 Å². The molecule has 49 heavy (non-hydrogen) atoms. The first-order valence-electron chi connectivity index (χ1n) is 18.0. The normalized spacial score (nSPS) is 17.1. The third-order valence-electron chi connectivity index (χ3n) is 9.33. The Morgan fingerprint density at radius 3 is 2.04 bits per heavy atom. The van der Waals surface area contributed by atoms with E-state index in [0.29, 0.717) is 37.4 Å². The lowest BCUT2D eigenvalue weighted by Gasteiger charge is -2.33. The summed E-state index contributed by atoms with van der Waals surface area (Å²) in [6.07, 6.45) is 1.25. The minimum atomic E-state index is -4.68. The number of carbonyl (C=O) groups is 2. The van der Waals surface area contributed by atoms with Gasteiger partial charge in [0.05, 0.1) is 18.1 Å². The standard InChI is InChI=1S/C41H51F3O5/c1-4-6-8-10-14-29(3)28-47-34-25-22-31(23-26-34)30-18-20-33(21-19-30)39(45)49-38-35-16-13-12-15-32(35)24-27-36(38)40(46)48-37(41(42,43)44)17-11-9-7-5-2/h12-13,15-16,18-23,25-26,29,36-38H,4-11,14,17,24,27-28H2,1-3H3/t29-,36?,37+,38?/m0/s1. The Hall–Kier alpha value is -3.81. The summed E-state index contributed by atoms with van der Waals surface area (Å²) < 4.78 is 58.6. The fraction of sp³-hybridized carbons (Fsp3) is 0.512. The number of alkyl halides is 3. The summed E-state index contributed by atoms with van der Waals surface area (Å²) in [6, 6.07) is 22.0. The summed E-state index contributed by atoms with van der Waals surface area (Å²) in [4.78, 5) is 26.7. The maximum Gasteiger partial charge on any atom is 0.425 e. The number of benzene rings is 3. The second-order valence-electron chi connectivity index (χ2n) is 13.4. The molecule has 266 valence electrons. The predicted octanol–water partition coefficient (Wildman–Crippen LogP) is 11.2. The van der Waals surface area contributed by atoms with Gasteiger partial charge in [-0.05, 0) is 84.5 Å². The molecule has 0 saturated carbocycles. The summed E-state index contributed by atoms with van der Waals surface area (Å²) in [6.45, 7) is 7.08. The molecule has 0 bridgehead atoms. The van der Waals surface area contributed by atoms with Gasteiger partial charge in [-0.2, -0.15) is 13.2 Å². The number of aryl methyl sites for hydroxylation is 1. The van der Waals surface area contributed by atoms with Gasteiger partial charge >= 0.3 is 18.1 Å². The highest BCUT2D eigenvalue weighted by Crippen LogP contribution is 2.40. The van der Waals surface area contributed by atoms with Gasteiger partial charge in [0, 0.05) is 0 Å². The van der Waals surface area contributed by atoms with Crippen LogP contribution in [0, 0.1) is 11.8 Å². The number of hydrogen-bond acceptors (Lipinski definition) is 5. The molecule has 0 saturated heterocycles. The molecular weight excluding hydrogens is 629 g/mol. The van der Waals surface area contributed by atoms with Gasteiger partial charge in [0.15, 0.2) is 6.10 Å². The van der Waals surface area contributed by atoms with E-state index in [-0.39, 0.29) is 18.4 Å². The van der Waals surface area contributed by atoms with E-state index >= 15 is 0 Å². The highest BCUT2D eigenvalue weighted by atomic mass is 19.4. The zero-order chi connectivity index (χ0) is 35.2. The molecule has 5 nitrogen and oxygen atoms in total. The van der Waals surface area contributed by atoms with E-state index in [1.807, 2.05) is 55.5 Å². The maximum atomic E-state index is 13.9. The first-order chi connectivity index (χ1) is 23.6. The average Bonchev–Trinajstić information content (AvgIpc) is 3.10. The maximum absolute atomic E-state index is 13.9. The molecule has 0 N–H and O–H groups in total. The number of rotatable bonds is 18. The van der Waals surface area contributed by atoms with Gasteiger partial charge in [-0.15, -0.1) is 0 Å². The molecule has 0 aliphatic heterocycles. The van der Waals surface area contributed by atoms with Crippen molar-refractivity contribution in [3.8, 4) is 16.9 Å². The number of fused-ring (bicyclic) bond motifs is 1. The van der Waals surface area contributed by atoms with Gasteiger partial charge < -0.3 is 14.2 Å². The summed E-state index contributed by atoms with van der Waals surface area (Å²) >= 11 is 0. The highest BCUT2D eigenvalue weighted by Gasteiger charge is 2.45. The Labute approximate surface area is 289 Å². The summed E-state index contributed by atoms with van der Waals surface area (Å²) in [5, 5.41) is 0. The number of carbonyl (C=O) groups excluding carboxylic acids is 2. The SMILES string of the molecule is CCCCCC[C@H](C)COc1ccc(-c2ccc(C(=O)OC3c4ccccc4CCC3C(=O)O[C@H](CCCCCC)C(F)(F)F)cc2)cc1. The number of hydrogen-bond donors (Lipinski definition) is 0. The second-order valence-corrected chi connectivity index (χ2v) is 13.4. The van der Waals surface area contributed by atoms with Crippen molar-refractivity contribution in [3.63, 3.8) is 0 Å². The fourth-order valence-corrected chi connectivity index (χ4v) is 6.35. The summed E-state index contributed by atoms with van der Waals surface area (Å²) in [5.41, 5.74) is 3.63. The second kappa shape index (κ2) is 18.8. The largest absolute Gasteiger partial charge is 0.493 e. The molecule has 0 radical (unpaired) electrons. The van der Waals surface area contributed by atoms with Crippen LogP contribution in [0.5, 0.6) is 5.75 Å². The van der Waals surface area contributed by atoms with Crippen molar-refractivity contribution in [2.75, 3.05) is 6.61 Å². The molecule has 4 rings (SSSR count). The van der Waals surface area contributed by atoms with Gasteiger partial charge in [-0.1, -0.05) is 114 Å². The van der Waals surface area contributed by atoms with Crippen molar-refractivity contribution in [2.24, 2.45) is 11.8 Å². The molecule has 4 atom stereocenters. The molecular formula is C41H51F3O5. The zero-order valence-corrected chi connectivity index (χ0v) is 29.1. The van der Waals surface area contributed by atoms with Crippen LogP contribution in [0.3, 0.4) is 0 Å². The van der Waals surface area contributed by atoms with E-state index < -0.39 is 36.2 Å². The van der Waals surface area contributed by atoms with Crippen molar-refractivity contribution < 1.29 is 37.0 Å². The molecule has 3 aromatic rings.